The average Bonchev–Trinajstić information content (AvgIpc) is 0.822. The summed E-state index contributed by atoms with van der Waals surface area (Å²) in [6.07, 6.45) is 11.1. The van der Waals surface area contributed by atoms with Crippen LogP contribution in [-0.2, 0) is 0 Å². The lowest BCUT2D eigenvalue weighted by Gasteiger charge is -2.17. The third kappa shape index (κ3) is 14.9. The number of carbonyl (C=O) groups excluding carboxylic acids is 1. The van der Waals surface area contributed by atoms with E-state index < -0.39 is 34.9 Å². The zero-order valence-corrected chi connectivity index (χ0v) is 54.9. The van der Waals surface area contributed by atoms with Gasteiger partial charge in [0, 0.05) is 126 Å². The van der Waals surface area contributed by atoms with Crippen molar-refractivity contribution < 1.29 is 63.9 Å². The quantitative estimate of drug-likeness (QED) is 0.0876. The van der Waals surface area contributed by atoms with Gasteiger partial charge in [-0.15, -0.1) is 15.3 Å². The second-order valence-corrected chi connectivity index (χ2v) is 23.1. The summed E-state index contributed by atoms with van der Waals surface area (Å²) in [6, 6.07) is 44.1. The van der Waals surface area contributed by atoms with E-state index in [1.54, 1.807) is 90.1 Å². The first kappa shape index (κ1) is 69.0. The van der Waals surface area contributed by atoms with Crippen LogP contribution in [0.1, 0.15) is 23.2 Å². The topological polar surface area (TPSA) is 205 Å². The summed E-state index contributed by atoms with van der Waals surface area (Å²) in [5.74, 6) is -4.23. The van der Waals surface area contributed by atoms with Crippen molar-refractivity contribution >= 4 is 22.5 Å². The Kier molecular flexibility index (Phi) is 20.0. The molecule has 0 N–H and O–H groups in total. The van der Waals surface area contributed by atoms with Crippen LogP contribution in [0.2, 0.25) is 0 Å². The highest BCUT2D eigenvalue weighted by Crippen LogP contribution is 2.39. The molecule has 1 amide bonds. The number of likely N-dealkylation sites (tertiary alicyclic amines) is 1. The number of fused-ring (bicyclic) bond motifs is 3. The van der Waals surface area contributed by atoms with Gasteiger partial charge in [0.15, 0.2) is 51.0 Å². The minimum Gasteiger partial charge on any atom is -0.496 e. The van der Waals surface area contributed by atoms with Crippen LogP contribution in [-0.4, -0.2) is 84.0 Å². The van der Waals surface area contributed by atoms with Gasteiger partial charge in [0.2, 0.25) is 17.6 Å². The SMILES string of the molecule is COc1ccc(-c2cccc(F)c2)cc1-c1c(=O)ccn2nc(Oc3ccc(F)cc3F)ccc12.COc1ccc(-c2cncnc2)cc1-c1c(=O)ccn2nc(Oc3ccc(F)cc3F)ccc12.COc1ccc(C(=O)N2CCCC2)cc1-c1c(=O)ccn2nc(Oc3ccc(F)cc3F)ccc12. The van der Waals surface area contributed by atoms with Crippen molar-refractivity contribution in [2.75, 3.05) is 34.4 Å². The Morgan fingerprint density at radius 2 is 0.740 bits per heavy atom. The largest absolute Gasteiger partial charge is 0.496 e. The molecule has 0 unspecified atom stereocenters. The predicted molar refractivity (Wildman–Crippen MR) is 371 cm³/mol. The number of aromatic nitrogens is 8. The summed E-state index contributed by atoms with van der Waals surface area (Å²) in [7, 11) is 4.50. The number of nitrogens with zero attached hydrogens (tertiary/aromatic N) is 9. The van der Waals surface area contributed by atoms with Gasteiger partial charge in [0.25, 0.3) is 5.91 Å². The molecule has 0 spiro atoms. The molecule has 1 saturated heterocycles. The van der Waals surface area contributed by atoms with E-state index in [0.29, 0.717) is 109 Å². The first-order valence-corrected chi connectivity index (χ1v) is 31.7. The van der Waals surface area contributed by atoms with Crippen molar-refractivity contribution in [2.45, 2.75) is 12.8 Å². The fraction of sp³-hybridized carbons (Fsp3) is 0.0897. The van der Waals surface area contributed by atoms with Crippen molar-refractivity contribution in [3.05, 3.63) is 302 Å². The monoisotopic (exact) mass is 1410 g/mol. The normalized spacial score (nSPS) is 11.7. The number of ether oxygens (including phenoxy) is 6. The van der Waals surface area contributed by atoms with Crippen LogP contribution in [0, 0.1) is 40.7 Å². The second-order valence-electron chi connectivity index (χ2n) is 23.1. The summed E-state index contributed by atoms with van der Waals surface area (Å²) >= 11 is 0. The fourth-order valence-electron chi connectivity index (χ4n) is 11.6. The van der Waals surface area contributed by atoms with Gasteiger partial charge in [0.1, 0.15) is 46.8 Å². The number of carbonyl (C=O) groups is 1. The first-order chi connectivity index (χ1) is 50.4. The van der Waals surface area contributed by atoms with Gasteiger partial charge < -0.3 is 33.3 Å². The molecule has 14 aromatic rings. The van der Waals surface area contributed by atoms with Crippen molar-refractivity contribution in [2.24, 2.45) is 0 Å². The van der Waals surface area contributed by atoms with E-state index in [1.807, 2.05) is 12.1 Å². The molecule has 0 radical (unpaired) electrons. The predicted octanol–water partition coefficient (Wildman–Crippen LogP) is 15.8. The van der Waals surface area contributed by atoms with Crippen LogP contribution in [0.3, 0.4) is 0 Å². The van der Waals surface area contributed by atoms with Gasteiger partial charge in [-0.25, -0.2) is 54.2 Å². The minimum atomic E-state index is -0.869. The lowest BCUT2D eigenvalue weighted by molar-refractivity contribution is 0.0792. The van der Waals surface area contributed by atoms with Crippen LogP contribution >= 0.6 is 0 Å². The third-order valence-electron chi connectivity index (χ3n) is 16.5. The van der Waals surface area contributed by atoms with Crippen LogP contribution < -0.4 is 44.7 Å². The number of benzene rings is 7. The van der Waals surface area contributed by atoms with E-state index in [4.69, 9.17) is 28.4 Å². The first-order valence-electron chi connectivity index (χ1n) is 31.7. The lowest BCUT2D eigenvalue weighted by atomic mass is 9.97. The van der Waals surface area contributed by atoms with Crippen molar-refractivity contribution in [1.82, 2.24) is 43.7 Å². The standard InChI is InChI=1S/C27H17F3N2O3.C26H21F2N3O4.C25H16F2N4O3/c1-34-24-8-5-17(16-3-2-4-18(28)13-16)14-20(24)27-22-7-10-26(31-32(22)12-11-23(27)33)35-25-9-6-19(29)15-21(25)30;1-34-22-7-4-16(26(33)30-11-2-3-12-30)14-18(22)25-20-6-9-24(29-31(20)13-10-21(25)32)35-23-8-5-17(27)15-19(23)28;1-33-22-5-2-15(16-12-28-14-29-13-16)10-18(22)25-20-4-7-24(30-31(20)9-8-21(25)32)34-23-6-3-17(26)11-19(23)27/h2-15H,1H3;4-10,13-15H,2-3,11-12H2,1H3;2-14H,1H3. The molecule has 0 atom stereocenters. The molecule has 26 heteroatoms. The van der Waals surface area contributed by atoms with E-state index in [9.17, 15) is 49.9 Å². The van der Waals surface area contributed by atoms with Crippen LogP contribution in [0.4, 0.5) is 30.7 Å². The highest BCUT2D eigenvalue weighted by Gasteiger charge is 2.25. The average molecular weight is 1410 g/mol. The maximum atomic E-state index is 14.0. The second kappa shape index (κ2) is 30.1. The number of hydrogen-bond acceptors (Lipinski definition) is 15. The Morgan fingerprint density at radius 3 is 1.13 bits per heavy atom. The van der Waals surface area contributed by atoms with E-state index in [2.05, 4.69) is 25.3 Å². The number of methoxy groups -OCH3 is 3. The maximum absolute atomic E-state index is 14.0. The molecular formula is C78H54F7N9O10. The molecule has 104 heavy (non-hydrogen) atoms. The smallest absolute Gasteiger partial charge is 0.253 e. The van der Waals surface area contributed by atoms with Gasteiger partial charge >= 0.3 is 0 Å². The van der Waals surface area contributed by atoms with Crippen LogP contribution in [0.5, 0.6) is 52.1 Å². The van der Waals surface area contributed by atoms with Crippen LogP contribution in [0.15, 0.2) is 240 Å². The molecule has 8 heterocycles. The molecular weight excluding hydrogens is 1360 g/mol. The molecule has 1 aliphatic rings. The Morgan fingerprint density at radius 1 is 0.375 bits per heavy atom. The molecule has 15 rings (SSSR count). The maximum Gasteiger partial charge on any atom is 0.253 e. The zero-order valence-electron chi connectivity index (χ0n) is 54.9. The van der Waals surface area contributed by atoms with Gasteiger partial charge in [-0.2, -0.15) is 0 Å². The number of amides is 1. The summed E-state index contributed by atoms with van der Waals surface area (Å²) in [6.45, 7) is 1.41. The van der Waals surface area contributed by atoms with Crippen molar-refractivity contribution in [1.29, 1.82) is 0 Å². The Labute approximate surface area is 585 Å². The highest BCUT2D eigenvalue weighted by atomic mass is 19.2. The molecule has 1 aliphatic heterocycles. The molecule has 0 bridgehead atoms. The Balaban J connectivity index is 0.000000139. The van der Waals surface area contributed by atoms with Gasteiger partial charge in [-0.05, 0) is 139 Å². The van der Waals surface area contributed by atoms with Crippen molar-refractivity contribution in [3.63, 3.8) is 0 Å². The summed E-state index contributed by atoms with van der Waals surface area (Å²) < 4.78 is 133. The van der Waals surface area contributed by atoms with E-state index in [-0.39, 0.29) is 62.9 Å². The minimum absolute atomic E-state index is 0.0399. The number of hydrogen-bond donors (Lipinski definition) is 0. The number of halogens is 7. The molecule has 0 saturated carbocycles. The van der Waals surface area contributed by atoms with E-state index >= 15 is 0 Å². The summed E-state index contributed by atoms with van der Waals surface area (Å²) in [5, 5.41) is 13.0. The molecule has 520 valence electrons. The highest BCUT2D eigenvalue weighted by molar-refractivity contribution is 5.97. The summed E-state index contributed by atoms with van der Waals surface area (Å²) in [4.78, 5) is 61.8. The Bertz CT molecular complexity index is 5820. The van der Waals surface area contributed by atoms with E-state index in [1.165, 1.54) is 120 Å². The number of pyridine rings is 3. The van der Waals surface area contributed by atoms with Gasteiger partial charge in [-0.3, -0.25) is 19.2 Å². The van der Waals surface area contributed by atoms with Crippen molar-refractivity contribution in [3.8, 4) is 108 Å². The molecule has 7 aromatic carbocycles. The molecule has 7 aromatic heterocycles. The fourth-order valence-corrected chi connectivity index (χ4v) is 11.6. The van der Waals surface area contributed by atoms with Gasteiger partial charge in [0.05, 0.1) is 54.6 Å². The summed E-state index contributed by atoms with van der Waals surface area (Å²) in [5.41, 5.74) is 6.45. The Hall–Kier alpha value is -13.5. The van der Waals surface area contributed by atoms with Crippen LogP contribution in [0.25, 0.3) is 72.2 Å². The van der Waals surface area contributed by atoms with E-state index in [0.717, 1.165) is 54.3 Å². The third-order valence-corrected chi connectivity index (χ3v) is 16.5. The molecule has 1 fully saturated rings. The molecule has 0 aliphatic carbocycles. The molecule has 19 nitrogen and oxygen atoms in total. The lowest BCUT2D eigenvalue weighted by Crippen LogP contribution is -2.27. The van der Waals surface area contributed by atoms with Gasteiger partial charge in [-0.1, -0.05) is 24.3 Å². The number of rotatable bonds is 15. The zero-order chi connectivity index (χ0) is 72.7.